The van der Waals surface area contributed by atoms with Crippen molar-refractivity contribution in [3.8, 4) is 0 Å². The lowest BCUT2D eigenvalue weighted by molar-refractivity contribution is -0.116. The number of Topliss-reactive ketones (excluding diaryl/α,β-unsaturated/α-hetero) is 1. The van der Waals surface area contributed by atoms with Crippen molar-refractivity contribution in [1.82, 2.24) is 0 Å². The van der Waals surface area contributed by atoms with Crippen LogP contribution in [0, 0.1) is 0 Å². The summed E-state index contributed by atoms with van der Waals surface area (Å²) in [5.41, 5.74) is 0. The fraction of sp³-hybridized carbons (Fsp3) is 0.875. The Balaban J connectivity index is 3.53. The van der Waals surface area contributed by atoms with Crippen LogP contribution in [0.4, 0.5) is 0 Å². The Morgan fingerprint density at radius 1 is 1.23 bits per heavy atom. The molecular formula is C8H16O4S. The predicted molar refractivity (Wildman–Crippen MR) is 50.2 cm³/mol. The van der Waals surface area contributed by atoms with E-state index in [2.05, 4.69) is 6.92 Å². The highest BCUT2D eigenvalue weighted by atomic mass is 32.2. The Kier molecular flexibility index (Phi) is 5.90. The van der Waals surface area contributed by atoms with Gasteiger partial charge in [0, 0.05) is 6.42 Å². The van der Waals surface area contributed by atoms with Gasteiger partial charge in [-0.25, -0.2) is 0 Å². The molecule has 0 fully saturated rings. The highest BCUT2D eigenvalue weighted by molar-refractivity contribution is 7.86. The second-order valence-electron chi connectivity index (χ2n) is 3.08. The maximum atomic E-state index is 10.9. The van der Waals surface area contributed by atoms with Crippen LogP contribution in [0.25, 0.3) is 0 Å². The van der Waals surface area contributed by atoms with E-state index in [-0.39, 0.29) is 6.42 Å². The topological polar surface area (TPSA) is 71.4 Å². The van der Waals surface area contributed by atoms with Crippen LogP contribution in [-0.2, 0) is 14.9 Å². The number of carbonyl (C=O) groups is 1. The Morgan fingerprint density at radius 2 is 1.85 bits per heavy atom. The van der Waals surface area contributed by atoms with Gasteiger partial charge >= 0.3 is 0 Å². The fourth-order valence-electron chi connectivity index (χ4n) is 1.02. The lowest BCUT2D eigenvalue weighted by Crippen LogP contribution is -2.14. The number of hydrogen-bond acceptors (Lipinski definition) is 3. The van der Waals surface area contributed by atoms with Crippen LogP contribution >= 0.6 is 0 Å². The average molecular weight is 208 g/mol. The van der Waals surface area contributed by atoms with Crippen LogP contribution in [0.5, 0.6) is 0 Å². The molecule has 0 aromatic rings. The van der Waals surface area contributed by atoms with Crippen LogP contribution in [-0.4, -0.2) is 24.5 Å². The van der Waals surface area contributed by atoms with Gasteiger partial charge in [0.15, 0.2) is 0 Å². The summed E-state index contributed by atoms with van der Waals surface area (Å²) in [7, 11) is -4.12. The van der Waals surface area contributed by atoms with Gasteiger partial charge in [-0.05, 0) is 6.42 Å². The van der Waals surface area contributed by atoms with Crippen molar-refractivity contribution in [2.75, 3.05) is 5.75 Å². The zero-order valence-corrected chi connectivity index (χ0v) is 8.64. The molecule has 0 saturated carbocycles. The summed E-state index contributed by atoms with van der Waals surface area (Å²) in [4.78, 5) is 10.9. The molecule has 0 radical (unpaired) electrons. The third-order valence-corrected chi connectivity index (χ3v) is 2.34. The zero-order valence-electron chi connectivity index (χ0n) is 7.82. The molecule has 0 aliphatic carbocycles. The number of rotatable bonds is 7. The first-order valence-electron chi connectivity index (χ1n) is 4.42. The summed E-state index contributed by atoms with van der Waals surface area (Å²) >= 11 is 0. The van der Waals surface area contributed by atoms with Crippen molar-refractivity contribution >= 4 is 15.9 Å². The summed E-state index contributed by atoms with van der Waals surface area (Å²) in [5.74, 6) is -1.14. The molecule has 0 spiro atoms. The molecular weight excluding hydrogens is 192 g/mol. The molecule has 1 N–H and O–H groups in total. The molecule has 0 aliphatic heterocycles. The standard InChI is InChI=1S/C8H16O4S/c1-2-3-4-5-6-8(9)7-13(10,11)12/h2-7H2,1H3,(H,10,11,12). The smallest absolute Gasteiger partial charge is 0.272 e. The van der Waals surface area contributed by atoms with Crippen LogP contribution in [0.3, 0.4) is 0 Å². The van der Waals surface area contributed by atoms with Gasteiger partial charge in [0.05, 0.1) is 0 Å². The van der Waals surface area contributed by atoms with Crippen molar-refractivity contribution < 1.29 is 17.8 Å². The van der Waals surface area contributed by atoms with Gasteiger partial charge in [-0.3, -0.25) is 9.35 Å². The third-order valence-electron chi connectivity index (χ3n) is 1.65. The van der Waals surface area contributed by atoms with E-state index in [0.717, 1.165) is 19.3 Å². The molecule has 0 atom stereocenters. The first-order chi connectivity index (χ1) is 5.95. The highest BCUT2D eigenvalue weighted by Crippen LogP contribution is 2.03. The van der Waals surface area contributed by atoms with Gasteiger partial charge < -0.3 is 0 Å². The maximum Gasteiger partial charge on any atom is 0.272 e. The van der Waals surface area contributed by atoms with Gasteiger partial charge in [-0.1, -0.05) is 26.2 Å². The second-order valence-corrected chi connectivity index (χ2v) is 4.53. The lowest BCUT2D eigenvalue weighted by Gasteiger charge is -1.98. The van der Waals surface area contributed by atoms with E-state index in [9.17, 15) is 13.2 Å². The van der Waals surface area contributed by atoms with E-state index in [4.69, 9.17) is 4.55 Å². The molecule has 13 heavy (non-hydrogen) atoms. The quantitative estimate of drug-likeness (QED) is 0.507. The van der Waals surface area contributed by atoms with Crippen molar-refractivity contribution in [3.63, 3.8) is 0 Å². The third kappa shape index (κ3) is 9.49. The molecule has 0 rings (SSSR count). The molecule has 5 heteroatoms. The summed E-state index contributed by atoms with van der Waals surface area (Å²) in [6.07, 6.45) is 4.03. The zero-order chi connectivity index (χ0) is 10.3. The monoisotopic (exact) mass is 208 g/mol. The summed E-state index contributed by atoms with van der Waals surface area (Å²) < 4.78 is 28.9. The van der Waals surface area contributed by atoms with E-state index in [1.165, 1.54) is 0 Å². The largest absolute Gasteiger partial charge is 0.298 e. The Hall–Kier alpha value is -0.420. The molecule has 0 aromatic carbocycles. The number of hydrogen-bond donors (Lipinski definition) is 1. The van der Waals surface area contributed by atoms with E-state index in [1.54, 1.807) is 0 Å². The summed E-state index contributed by atoms with van der Waals surface area (Å²) in [5, 5.41) is 0. The first kappa shape index (κ1) is 12.6. The Morgan fingerprint density at radius 3 is 2.31 bits per heavy atom. The molecule has 0 amide bonds. The molecule has 0 aliphatic rings. The molecule has 0 saturated heterocycles. The van der Waals surface area contributed by atoms with Gasteiger partial charge in [0.1, 0.15) is 11.5 Å². The Labute approximate surface area is 79.1 Å². The normalized spacial score (nSPS) is 11.5. The van der Waals surface area contributed by atoms with Gasteiger partial charge in [0.25, 0.3) is 10.1 Å². The van der Waals surface area contributed by atoms with E-state index in [0.29, 0.717) is 6.42 Å². The fourth-order valence-corrected chi connectivity index (χ4v) is 1.58. The number of carbonyl (C=O) groups excluding carboxylic acids is 1. The van der Waals surface area contributed by atoms with Crippen LogP contribution in [0.2, 0.25) is 0 Å². The maximum absolute atomic E-state index is 10.9. The molecule has 78 valence electrons. The van der Waals surface area contributed by atoms with Crippen LogP contribution in [0.1, 0.15) is 39.0 Å². The SMILES string of the molecule is CCCCCCC(=O)CS(=O)(=O)O. The minimum Gasteiger partial charge on any atom is -0.298 e. The predicted octanol–water partition coefficient (Wildman–Crippen LogP) is 1.41. The minimum atomic E-state index is -4.12. The van der Waals surface area contributed by atoms with Crippen molar-refractivity contribution in [1.29, 1.82) is 0 Å². The van der Waals surface area contributed by atoms with E-state index >= 15 is 0 Å². The number of ketones is 1. The average Bonchev–Trinajstić information content (AvgIpc) is 1.94. The minimum absolute atomic E-state index is 0.250. The second kappa shape index (κ2) is 6.10. The lowest BCUT2D eigenvalue weighted by atomic mass is 10.1. The van der Waals surface area contributed by atoms with Crippen LogP contribution < -0.4 is 0 Å². The molecule has 0 aromatic heterocycles. The molecule has 0 heterocycles. The Bertz CT molecular complexity index is 243. The molecule has 0 bridgehead atoms. The summed E-state index contributed by atoms with van der Waals surface area (Å²) in [6, 6.07) is 0. The van der Waals surface area contributed by atoms with Crippen molar-refractivity contribution in [2.24, 2.45) is 0 Å². The van der Waals surface area contributed by atoms with Crippen molar-refractivity contribution in [3.05, 3.63) is 0 Å². The summed E-state index contributed by atoms with van der Waals surface area (Å²) in [6.45, 7) is 2.06. The van der Waals surface area contributed by atoms with Gasteiger partial charge in [0.2, 0.25) is 0 Å². The van der Waals surface area contributed by atoms with Crippen LogP contribution in [0.15, 0.2) is 0 Å². The van der Waals surface area contributed by atoms with Crippen molar-refractivity contribution in [2.45, 2.75) is 39.0 Å². The van der Waals surface area contributed by atoms with E-state index < -0.39 is 21.7 Å². The number of unbranched alkanes of at least 4 members (excludes halogenated alkanes) is 3. The molecule has 4 nitrogen and oxygen atoms in total. The highest BCUT2D eigenvalue weighted by Gasteiger charge is 2.11. The van der Waals surface area contributed by atoms with Gasteiger partial charge in [-0.15, -0.1) is 0 Å². The van der Waals surface area contributed by atoms with E-state index in [1.807, 2.05) is 0 Å². The van der Waals surface area contributed by atoms with Gasteiger partial charge in [-0.2, -0.15) is 8.42 Å². The molecule has 0 unspecified atom stereocenters. The first-order valence-corrected chi connectivity index (χ1v) is 6.03.